The molecule has 1 aromatic rings. The number of aliphatic hydroxyl groups excluding tert-OH is 1. The molecule has 1 atom stereocenters. The van der Waals surface area contributed by atoms with Gasteiger partial charge < -0.3 is 10.4 Å². The fraction of sp³-hybridized carbons (Fsp3) is 0.636. The zero-order valence-corrected chi connectivity index (χ0v) is 10.8. The van der Waals surface area contributed by atoms with Crippen LogP contribution in [-0.4, -0.2) is 27.7 Å². The third kappa shape index (κ3) is 3.32. The highest BCUT2D eigenvalue weighted by Gasteiger charge is 2.11. The second-order valence-corrected chi connectivity index (χ2v) is 4.59. The van der Waals surface area contributed by atoms with Gasteiger partial charge in [0.05, 0.1) is 6.10 Å². The van der Waals surface area contributed by atoms with Crippen molar-refractivity contribution in [1.29, 1.82) is 0 Å². The summed E-state index contributed by atoms with van der Waals surface area (Å²) in [5, 5.41) is 12.7. The lowest BCUT2D eigenvalue weighted by atomic mass is 10.2. The average molecular weight is 244 g/mol. The number of nitrogens with one attached hydrogen (secondary N) is 1. The van der Waals surface area contributed by atoms with Crippen LogP contribution in [0.4, 0.5) is 5.82 Å². The van der Waals surface area contributed by atoms with Crippen LogP contribution in [0.5, 0.6) is 0 Å². The van der Waals surface area contributed by atoms with Gasteiger partial charge in [0.1, 0.15) is 16.8 Å². The molecule has 1 rings (SSSR count). The van der Waals surface area contributed by atoms with Crippen LogP contribution in [0.1, 0.15) is 38.1 Å². The molecular weight excluding hydrogens is 226 g/mol. The Balaban J connectivity index is 2.97. The molecule has 4 nitrogen and oxygen atoms in total. The number of aromatic nitrogens is 2. The summed E-state index contributed by atoms with van der Waals surface area (Å²) in [7, 11) is 0. The molecule has 0 saturated heterocycles. The number of halogens is 1. The number of nitrogens with zero attached hydrogens (tertiary/aromatic N) is 2. The summed E-state index contributed by atoms with van der Waals surface area (Å²) >= 11 is 6.02. The molecule has 1 unspecified atom stereocenters. The minimum Gasteiger partial charge on any atom is -0.392 e. The Kier molecular flexibility index (Phi) is 4.50. The number of hydrogen-bond donors (Lipinski definition) is 2. The van der Waals surface area contributed by atoms with E-state index in [9.17, 15) is 5.11 Å². The summed E-state index contributed by atoms with van der Waals surface area (Å²) in [4.78, 5) is 8.60. The molecule has 2 N–H and O–H groups in total. The summed E-state index contributed by atoms with van der Waals surface area (Å²) in [5.74, 6) is 1.64. The molecule has 0 saturated carbocycles. The van der Waals surface area contributed by atoms with E-state index in [4.69, 9.17) is 11.6 Å². The van der Waals surface area contributed by atoms with Crippen LogP contribution in [-0.2, 0) is 0 Å². The van der Waals surface area contributed by atoms with Gasteiger partial charge in [0, 0.05) is 18.0 Å². The van der Waals surface area contributed by atoms with Crippen molar-refractivity contribution in [2.75, 3.05) is 11.9 Å². The lowest BCUT2D eigenvalue weighted by Gasteiger charge is -2.13. The molecule has 0 aromatic carbocycles. The van der Waals surface area contributed by atoms with Gasteiger partial charge in [-0.05, 0) is 13.8 Å². The van der Waals surface area contributed by atoms with Crippen molar-refractivity contribution < 1.29 is 5.11 Å². The molecule has 16 heavy (non-hydrogen) atoms. The quantitative estimate of drug-likeness (QED) is 0.797. The molecular formula is C11H18ClN3O. The number of aliphatic hydroxyl groups is 1. The third-order valence-corrected chi connectivity index (χ3v) is 2.55. The molecule has 0 aliphatic rings. The highest BCUT2D eigenvalue weighted by atomic mass is 35.5. The van der Waals surface area contributed by atoms with E-state index in [1.54, 1.807) is 6.92 Å². The molecule has 0 fully saturated rings. The van der Waals surface area contributed by atoms with Gasteiger partial charge in [0.15, 0.2) is 0 Å². The first-order valence-corrected chi connectivity index (χ1v) is 5.75. The monoisotopic (exact) mass is 243 g/mol. The molecule has 0 radical (unpaired) electrons. The highest BCUT2D eigenvalue weighted by Crippen LogP contribution is 2.22. The van der Waals surface area contributed by atoms with Gasteiger partial charge in [0.2, 0.25) is 0 Å². The van der Waals surface area contributed by atoms with Crippen molar-refractivity contribution in [2.45, 2.75) is 39.7 Å². The molecule has 1 heterocycles. The van der Waals surface area contributed by atoms with Crippen molar-refractivity contribution in [2.24, 2.45) is 0 Å². The molecule has 0 amide bonds. The molecule has 0 bridgehead atoms. The van der Waals surface area contributed by atoms with Gasteiger partial charge in [-0.1, -0.05) is 25.4 Å². The summed E-state index contributed by atoms with van der Waals surface area (Å²) in [6, 6.07) is 0. The number of anilines is 1. The second-order valence-electron chi connectivity index (χ2n) is 4.23. The lowest BCUT2D eigenvalue weighted by Crippen LogP contribution is -2.17. The maximum absolute atomic E-state index is 9.21. The highest BCUT2D eigenvalue weighted by molar-refractivity contribution is 6.30. The normalized spacial score (nSPS) is 12.9. The first-order valence-electron chi connectivity index (χ1n) is 5.37. The van der Waals surface area contributed by atoms with Gasteiger partial charge in [-0.25, -0.2) is 9.97 Å². The van der Waals surface area contributed by atoms with Crippen LogP contribution in [0.25, 0.3) is 0 Å². The molecule has 1 aromatic heterocycles. The maximum Gasteiger partial charge on any atom is 0.137 e. The smallest absolute Gasteiger partial charge is 0.137 e. The molecule has 0 spiro atoms. The van der Waals surface area contributed by atoms with Crippen LogP contribution in [0, 0.1) is 6.92 Å². The summed E-state index contributed by atoms with van der Waals surface area (Å²) in [6.45, 7) is 8.05. The van der Waals surface area contributed by atoms with Crippen molar-refractivity contribution in [1.82, 2.24) is 9.97 Å². The minimum atomic E-state index is -0.421. The summed E-state index contributed by atoms with van der Waals surface area (Å²) in [5.41, 5.74) is 0.812. The first-order chi connectivity index (χ1) is 7.41. The largest absolute Gasteiger partial charge is 0.392 e. The Morgan fingerprint density at radius 2 is 1.94 bits per heavy atom. The van der Waals surface area contributed by atoms with E-state index >= 15 is 0 Å². The first kappa shape index (κ1) is 13.2. The molecule has 5 heteroatoms. The second kappa shape index (κ2) is 5.46. The van der Waals surface area contributed by atoms with Gasteiger partial charge >= 0.3 is 0 Å². The van der Waals surface area contributed by atoms with Crippen LogP contribution >= 0.6 is 11.6 Å². The Hall–Kier alpha value is -0.870. The van der Waals surface area contributed by atoms with Crippen molar-refractivity contribution >= 4 is 17.4 Å². The standard InChI is InChI=1S/C11H18ClN3O/c1-6(2)10-14-9(12)8(4)11(15-10)13-5-7(3)16/h6-7,16H,5H2,1-4H3,(H,13,14,15). The van der Waals surface area contributed by atoms with E-state index in [1.807, 2.05) is 20.8 Å². The summed E-state index contributed by atoms with van der Waals surface area (Å²) in [6.07, 6.45) is -0.421. The SMILES string of the molecule is Cc1c(Cl)nc(C(C)C)nc1NCC(C)O. The average Bonchev–Trinajstić information content (AvgIpc) is 2.19. The van der Waals surface area contributed by atoms with E-state index in [2.05, 4.69) is 15.3 Å². The maximum atomic E-state index is 9.21. The third-order valence-electron chi connectivity index (χ3n) is 2.19. The van der Waals surface area contributed by atoms with E-state index in [0.717, 1.165) is 5.56 Å². The van der Waals surface area contributed by atoms with E-state index in [-0.39, 0.29) is 5.92 Å². The molecule has 0 aliphatic heterocycles. The van der Waals surface area contributed by atoms with E-state index in [1.165, 1.54) is 0 Å². The molecule has 90 valence electrons. The van der Waals surface area contributed by atoms with Crippen molar-refractivity contribution in [3.8, 4) is 0 Å². The van der Waals surface area contributed by atoms with Crippen molar-refractivity contribution in [3.63, 3.8) is 0 Å². The zero-order valence-electron chi connectivity index (χ0n) is 10.1. The fourth-order valence-electron chi connectivity index (χ4n) is 1.18. The van der Waals surface area contributed by atoms with E-state index in [0.29, 0.717) is 23.3 Å². The van der Waals surface area contributed by atoms with Crippen LogP contribution in [0.15, 0.2) is 0 Å². The summed E-state index contributed by atoms with van der Waals surface area (Å²) < 4.78 is 0. The Bertz CT molecular complexity index is 366. The Morgan fingerprint density at radius 1 is 1.31 bits per heavy atom. The van der Waals surface area contributed by atoms with Gasteiger partial charge in [-0.3, -0.25) is 0 Å². The Morgan fingerprint density at radius 3 is 2.44 bits per heavy atom. The predicted molar refractivity (Wildman–Crippen MR) is 66.0 cm³/mol. The van der Waals surface area contributed by atoms with E-state index < -0.39 is 6.10 Å². The lowest BCUT2D eigenvalue weighted by molar-refractivity contribution is 0.208. The van der Waals surface area contributed by atoms with Gasteiger partial charge in [0.25, 0.3) is 0 Å². The van der Waals surface area contributed by atoms with Crippen LogP contribution < -0.4 is 5.32 Å². The van der Waals surface area contributed by atoms with Gasteiger partial charge in [-0.15, -0.1) is 0 Å². The number of hydrogen-bond acceptors (Lipinski definition) is 4. The fourth-order valence-corrected chi connectivity index (χ4v) is 1.36. The van der Waals surface area contributed by atoms with Crippen LogP contribution in [0.3, 0.4) is 0 Å². The zero-order chi connectivity index (χ0) is 12.3. The minimum absolute atomic E-state index is 0.227. The molecule has 0 aliphatic carbocycles. The van der Waals surface area contributed by atoms with Crippen LogP contribution in [0.2, 0.25) is 5.15 Å². The van der Waals surface area contributed by atoms with Gasteiger partial charge in [-0.2, -0.15) is 0 Å². The topological polar surface area (TPSA) is 58.0 Å². The van der Waals surface area contributed by atoms with Crippen molar-refractivity contribution in [3.05, 3.63) is 16.5 Å². The predicted octanol–water partition coefficient (Wildman–Crippen LogP) is 2.35. The number of rotatable bonds is 4. The Labute approximate surface area is 101 Å².